The van der Waals surface area contributed by atoms with Gasteiger partial charge in [0.25, 0.3) is 0 Å². The van der Waals surface area contributed by atoms with Crippen molar-refractivity contribution < 1.29 is 4.39 Å². The third kappa shape index (κ3) is 8.43. The molecule has 5 aliphatic carbocycles. The Hall–Kier alpha value is -2.13. The van der Waals surface area contributed by atoms with E-state index in [4.69, 9.17) is 0 Å². The monoisotopic (exact) mass is 610 g/mol. The molecule has 1 saturated carbocycles. The van der Waals surface area contributed by atoms with E-state index in [0.29, 0.717) is 18.4 Å². The summed E-state index contributed by atoms with van der Waals surface area (Å²) in [5.74, 6) is 4.26. The van der Waals surface area contributed by atoms with E-state index in [1.807, 2.05) is 0 Å². The van der Waals surface area contributed by atoms with Crippen LogP contribution >= 0.6 is 0 Å². The van der Waals surface area contributed by atoms with Crippen molar-refractivity contribution in [2.45, 2.75) is 122 Å². The number of nitrogens with zero attached hydrogens (tertiary/aromatic N) is 2. The Kier molecular flexibility index (Phi) is 10.6. The van der Waals surface area contributed by atoms with Crippen molar-refractivity contribution >= 4 is 0 Å². The first kappa shape index (κ1) is 31.5. The Morgan fingerprint density at radius 1 is 0.822 bits per heavy atom. The maximum absolute atomic E-state index is 13.9. The van der Waals surface area contributed by atoms with Gasteiger partial charge in [-0.05, 0) is 181 Å². The third-order valence-corrected chi connectivity index (χ3v) is 12.4. The second-order valence-corrected chi connectivity index (χ2v) is 15.6. The van der Waals surface area contributed by atoms with Crippen LogP contribution in [0.2, 0.25) is 0 Å². The fraction of sp³-hybridized carbons (Fsp3) is 0.667. The van der Waals surface area contributed by atoms with E-state index in [1.165, 1.54) is 121 Å². The highest BCUT2D eigenvalue weighted by molar-refractivity contribution is 5.44. The minimum atomic E-state index is 0.0313. The number of hydrogen-bond acceptors (Lipinski definition) is 2. The van der Waals surface area contributed by atoms with Gasteiger partial charge in [-0.15, -0.1) is 0 Å². The normalized spacial score (nSPS) is 32.6. The number of rotatable bonds is 11. The fourth-order valence-corrected chi connectivity index (χ4v) is 9.45. The van der Waals surface area contributed by atoms with Crippen molar-refractivity contribution in [1.29, 1.82) is 0 Å². The summed E-state index contributed by atoms with van der Waals surface area (Å²) < 4.78 is 13.9. The molecule has 0 N–H and O–H groups in total. The van der Waals surface area contributed by atoms with Crippen molar-refractivity contribution in [3.63, 3.8) is 0 Å². The summed E-state index contributed by atoms with van der Waals surface area (Å²) in [6.07, 6.45) is 44.3. The van der Waals surface area contributed by atoms with Crippen molar-refractivity contribution in [2.75, 3.05) is 26.2 Å². The number of allylic oxidation sites excluding steroid dienone is 11. The van der Waals surface area contributed by atoms with Gasteiger partial charge in [-0.2, -0.15) is 0 Å². The summed E-state index contributed by atoms with van der Waals surface area (Å²) in [5, 5.41) is 0. The van der Waals surface area contributed by atoms with E-state index < -0.39 is 0 Å². The van der Waals surface area contributed by atoms with Crippen LogP contribution in [0.3, 0.4) is 0 Å². The van der Waals surface area contributed by atoms with Crippen LogP contribution in [-0.2, 0) is 0 Å². The Labute approximate surface area is 274 Å². The molecule has 0 bridgehead atoms. The first-order valence-electron chi connectivity index (χ1n) is 19.2. The number of unbranched alkanes of at least 4 members (excludes halogenated alkanes) is 1. The Morgan fingerprint density at radius 3 is 2.58 bits per heavy atom. The van der Waals surface area contributed by atoms with Gasteiger partial charge in [0.1, 0.15) is 5.83 Å². The molecule has 0 aromatic rings. The molecule has 2 heterocycles. The standard InChI is InChI=1S/C42H59FN2/c43-39-18-20-40(21-19-39)45-28-24-38-31-37(36-15-16-36)17-22-41(38)42(45)30-35-13-11-32(12-14-35)7-4-5-25-44-26-6-10-34(23-27-44)29-33-8-2-1-3-9-33/h2,8,11,13-14,18,20,22,31-34,36-37,42H,1,3-7,9-10,12,15-17,19,21,23-30H2. The number of hydrogen-bond donors (Lipinski definition) is 0. The molecule has 45 heavy (non-hydrogen) atoms. The Bertz CT molecular complexity index is 1240. The molecular formula is C42H59FN2. The van der Waals surface area contributed by atoms with Crippen LogP contribution in [0.5, 0.6) is 0 Å². The Balaban J connectivity index is 0.876. The predicted molar refractivity (Wildman–Crippen MR) is 187 cm³/mol. The molecule has 244 valence electrons. The highest BCUT2D eigenvalue weighted by atomic mass is 19.1. The molecule has 7 rings (SSSR count). The molecule has 0 aromatic heterocycles. The number of fused-ring (bicyclic) bond motifs is 1. The molecule has 0 spiro atoms. The average molecular weight is 611 g/mol. The topological polar surface area (TPSA) is 6.48 Å². The summed E-state index contributed by atoms with van der Waals surface area (Å²) in [6, 6.07) is 0.394. The summed E-state index contributed by atoms with van der Waals surface area (Å²) in [7, 11) is 0. The van der Waals surface area contributed by atoms with E-state index in [9.17, 15) is 4.39 Å². The molecule has 5 unspecified atom stereocenters. The van der Waals surface area contributed by atoms with Crippen LogP contribution in [0.1, 0.15) is 116 Å². The van der Waals surface area contributed by atoms with Crippen LogP contribution in [0.4, 0.5) is 4.39 Å². The van der Waals surface area contributed by atoms with E-state index >= 15 is 0 Å². The first-order chi connectivity index (χ1) is 22.2. The lowest BCUT2D eigenvalue weighted by atomic mass is 9.78. The maximum atomic E-state index is 13.9. The molecule has 2 nitrogen and oxygen atoms in total. The Morgan fingerprint density at radius 2 is 1.78 bits per heavy atom. The largest absolute Gasteiger partial charge is 0.367 e. The van der Waals surface area contributed by atoms with Gasteiger partial charge < -0.3 is 9.80 Å². The van der Waals surface area contributed by atoms with Gasteiger partial charge in [-0.25, -0.2) is 4.39 Å². The molecule has 0 amide bonds. The quantitative estimate of drug-likeness (QED) is 0.170. The lowest BCUT2D eigenvalue weighted by molar-refractivity contribution is 0.251. The van der Waals surface area contributed by atoms with Crippen molar-refractivity contribution in [3.8, 4) is 0 Å². The summed E-state index contributed by atoms with van der Waals surface area (Å²) in [5.41, 5.74) is 6.05. The van der Waals surface area contributed by atoms with Gasteiger partial charge in [-0.3, -0.25) is 0 Å². The molecule has 0 aromatic carbocycles. The minimum Gasteiger partial charge on any atom is -0.367 e. The van der Waals surface area contributed by atoms with Crippen LogP contribution in [0, 0.1) is 29.6 Å². The lowest BCUT2D eigenvalue weighted by Gasteiger charge is -2.44. The molecule has 5 atom stereocenters. The zero-order chi connectivity index (χ0) is 30.4. The molecule has 3 heteroatoms. The van der Waals surface area contributed by atoms with Crippen LogP contribution in [0.25, 0.3) is 0 Å². The predicted octanol–water partition coefficient (Wildman–Crippen LogP) is 10.8. The first-order valence-corrected chi connectivity index (χ1v) is 19.2. The van der Waals surface area contributed by atoms with Crippen LogP contribution in [0.15, 0.2) is 82.9 Å². The molecular weight excluding hydrogens is 551 g/mol. The maximum Gasteiger partial charge on any atom is 0.100 e. The van der Waals surface area contributed by atoms with Crippen molar-refractivity contribution in [1.82, 2.24) is 9.80 Å². The van der Waals surface area contributed by atoms with E-state index in [-0.39, 0.29) is 5.83 Å². The zero-order valence-corrected chi connectivity index (χ0v) is 28.0. The fourth-order valence-electron chi connectivity index (χ4n) is 9.45. The van der Waals surface area contributed by atoms with Gasteiger partial charge in [0, 0.05) is 18.7 Å². The second-order valence-electron chi connectivity index (χ2n) is 15.6. The molecule has 0 radical (unpaired) electrons. The molecule has 2 aliphatic heterocycles. The van der Waals surface area contributed by atoms with E-state index in [1.54, 1.807) is 17.2 Å². The summed E-state index contributed by atoms with van der Waals surface area (Å²) in [6.45, 7) is 5.01. The second kappa shape index (κ2) is 15.2. The van der Waals surface area contributed by atoms with Crippen LogP contribution in [-0.4, -0.2) is 42.0 Å². The highest BCUT2D eigenvalue weighted by Crippen LogP contribution is 2.46. The van der Waals surface area contributed by atoms with Crippen molar-refractivity contribution in [2.24, 2.45) is 29.6 Å². The van der Waals surface area contributed by atoms with Gasteiger partial charge in [0.2, 0.25) is 0 Å². The summed E-state index contributed by atoms with van der Waals surface area (Å²) >= 11 is 0. The van der Waals surface area contributed by atoms with Gasteiger partial charge >= 0.3 is 0 Å². The minimum absolute atomic E-state index is 0.0313. The van der Waals surface area contributed by atoms with Crippen LogP contribution < -0.4 is 0 Å². The average Bonchev–Trinajstić information content (AvgIpc) is 3.94. The van der Waals surface area contributed by atoms with E-state index in [2.05, 4.69) is 58.4 Å². The molecule has 7 aliphatic rings. The smallest absolute Gasteiger partial charge is 0.100 e. The molecule has 3 fully saturated rings. The van der Waals surface area contributed by atoms with E-state index in [0.717, 1.165) is 49.5 Å². The number of piperidine rings is 1. The number of halogens is 1. The number of likely N-dealkylation sites (tertiary alicyclic amines) is 2. The summed E-state index contributed by atoms with van der Waals surface area (Å²) in [4.78, 5) is 5.42. The third-order valence-electron chi connectivity index (χ3n) is 12.4. The van der Waals surface area contributed by atoms with Crippen molar-refractivity contribution in [3.05, 3.63) is 82.9 Å². The van der Waals surface area contributed by atoms with Gasteiger partial charge in [0.05, 0.1) is 6.04 Å². The van der Waals surface area contributed by atoms with Gasteiger partial charge in [0.15, 0.2) is 0 Å². The SMILES string of the molecule is FC1=CC=C(N2CCC3=CC(C4CC4)CC=C3C2CC2=CCC(CCCCN3CCCC(CC4C=CCCC4)CC3)C=C2)CC1. The lowest BCUT2D eigenvalue weighted by Crippen LogP contribution is -2.42. The van der Waals surface area contributed by atoms with Gasteiger partial charge in [-0.1, -0.05) is 49.0 Å². The molecule has 2 saturated heterocycles. The zero-order valence-electron chi connectivity index (χ0n) is 28.0. The highest BCUT2D eigenvalue weighted by Gasteiger charge is 2.37.